The van der Waals surface area contributed by atoms with Crippen molar-refractivity contribution in [2.45, 2.75) is 39.0 Å². The van der Waals surface area contributed by atoms with Gasteiger partial charge in [0.05, 0.1) is 4.90 Å². The van der Waals surface area contributed by atoms with Gasteiger partial charge >= 0.3 is 0 Å². The minimum absolute atomic E-state index is 0.0768. The molecule has 0 spiro atoms. The SMILES string of the molecule is CC(C)C(C)(C)CNS(=O)(=O)c1ccc(CCN)cc1. The van der Waals surface area contributed by atoms with Crippen LogP contribution in [0.4, 0.5) is 0 Å². The summed E-state index contributed by atoms with van der Waals surface area (Å²) in [6, 6.07) is 6.90. The van der Waals surface area contributed by atoms with Crippen molar-refractivity contribution in [3.63, 3.8) is 0 Å². The Bertz CT molecular complexity index is 519. The second-order valence-electron chi connectivity index (χ2n) is 6.15. The van der Waals surface area contributed by atoms with Gasteiger partial charge in [0, 0.05) is 6.54 Å². The fourth-order valence-corrected chi connectivity index (χ4v) is 2.79. The van der Waals surface area contributed by atoms with Gasteiger partial charge < -0.3 is 5.73 Å². The third kappa shape index (κ3) is 4.58. The summed E-state index contributed by atoms with van der Waals surface area (Å²) in [6.07, 6.45) is 0.758. The molecule has 0 saturated heterocycles. The quantitative estimate of drug-likeness (QED) is 0.810. The summed E-state index contributed by atoms with van der Waals surface area (Å²) in [6.45, 7) is 9.30. The predicted octanol–water partition coefficient (Wildman–Crippen LogP) is 2.15. The number of nitrogens with one attached hydrogen (secondary N) is 1. The molecular weight excluding hydrogens is 272 g/mol. The molecule has 5 heteroatoms. The van der Waals surface area contributed by atoms with E-state index in [4.69, 9.17) is 5.73 Å². The second kappa shape index (κ2) is 6.70. The average molecular weight is 298 g/mol. The molecule has 0 aromatic heterocycles. The maximum Gasteiger partial charge on any atom is 0.240 e. The Morgan fingerprint density at radius 2 is 1.75 bits per heavy atom. The molecule has 114 valence electrons. The molecule has 1 aromatic carbocycles. The molecule has 0 aliphatic rings. The van der Waals surface area contributed by atoms with E-state index >= 15 is 0 Å². The lowest BCUT2D eigenvalue weighted by Gasteiger charge is -2.29. The van der Waals surface area contributed by atoms with Gasteiger partial charge in [-0.05, 0) is 42.0 Å². The van der Waals surface area contributed by atoms with Crippen molar-refractivity contribution in [3.8, 4) is 0 Å². The van der Waals surface area contributed by atoms with Gasteiger partial charge in [0.15, 0.2) is 0 Å². The van der Waals surface area contributed by atoms with Crippen molar-refractivity contribution < 1.29 is 8.42 Å². The molecular formula is C15H26N2O2S. The summed E-state index contributed by atoms with van der Waals surface area (Å²) in [7, 11) is -3.44. The molecule has 0 saturated carbocycles. The number of rotatable bonds is 7. The lowest BCUT2D eigenvalue weighted by Crippen LogP contribution is -2.36. The van der Waals surface area contributed by atoms with Crippen LogP contribution in [0.15, 0.2) is 29.2 Å². The zero-order valence-electron chi connectivity index (χ0n) is 12.8. The zero-order valence-corrected chi connectivity index (χ0v) is 13.6. The van der Waals surface area contributed by atoms with E-state index in [-0.39, 0.29) is 5.41 Å². The summed E-state index contributed by atoms with van der Waals surface area (Å²) in [5.74, 6) is 0.400. The van der Waals surface area contributed by atoms with Crippen molar-refractivity contribution in [2.75, 3.05) is 13.1 Å². The van der Waals surface area contributed by atoms with Gasteiger partial charge in [-0.1, -0.05) is 39.8 Å². The Morgan fingerprint density at radius 3 is 2.20 bits per heavy atom. The monoisotopic (exact) mass is 298 g/mol. The minimum atomic E-state index is -3.44. The van der Waals surface area contributed by atoms with E-state index < -0.39 is 10.0 Å². The summed E-state index contributed by atoms with van der Waals surface area (Å²) < 4.78 is 27.2. The Morgan fingerprint density at radius 1 is 1.20 bits per heavy atom. The van der Waals surface area contributed by atoms with Crippen molar-refractivity contribution in [1.29, 1.82) is 0 Å². The summed E-state index contributed by atoms with van der Waals surface area (Å²) in [5, 5.41) is 0. The number of sulfonamides is 1. The van der Waals surface area contributed by atoms with Crippen molar-refractivity contribution in [2.24, 2.45) is 17.1 Å². The third-order valence-electron chi connectivity index (χ3n) is 3.95. The van der Waals surface area contributed by atoms with Gasteiger partial charge in [-0.3, -0.25) is 0 Å². The molecule has 0 fully saturated rings. The number of hydrogen-bond donors (Lipinski definition) is 2. The van der Waals surface area contributed by atoms with Crippen LogP contribution >= 0.6 is 0 Å². The van der Waals surface area contributed by atoms with Crippen LogP contribution in [0.25, 0.3) is 0 Å². The standard InChI is InChI=1S/C15H26N2O2S/c1-12(2)15(3,4)11-17-20(18,19)14-7-5-13(6-8-14)9-10-16/h5-8,12,17H,9-11,16H2,1-4H3. The molecule has 0 amide bonds. The Labute approximate surface area is 122 Å². The van der Waals surface area contributed by atoms with Gasteiger partial charge in [-0.25, -0.2) is 13.1 Å². The van der Waals surface area contributed by atoms with E-state index in [2.05, 4.69) is 32.4 Å². The highest BCUT2D eigenvalue weighted by molar-refractivity contribution is 7.89. The van der Waals surface area contributed by atoms with Gasteiger partial charge in [-0.2, -0.15) is 0 Å². The van der Waals surface area contributed by atoms with Crippen LogP contribution in [0.1, 0.15) is 33.3 Å². The van der Waals surface area contributed by atoms with Crippen LogP contribution in [0.3, 0.4) is 0 Å². The average Bonchev–Trinajstić information content (AvgIpc) is 2.38. The fourth-order valence-electron chi connectivity index (χ4n) is 1.57. The second-order valence-corrected chi connectivity index (χ2v) is 7.92. The van der Waals surface area contributed by atoms with Crippen molar-refractivity contribution in [1.82, 2.24) is 4.72 Å². The molecule has 0 heterocycles. The summed E-state index contributed by atoms with van der Waals surface area (Å²) in [4.78, 5) is 0.304. The van der Waals surface area contributed by atoms with E-state index in [9.17, 15) is 8.42 Å². The first-order chi connectivity index (χ1) is 9.19. The maximum absolute atomic E-state index is 12.2. The Balaban J connectivity index is 2.79. The third-order valence-corrected chi connectivity index (χ3v) is 5.36. The molecule has 0 unspecified atom stereocenters. The Hall–Kier alpha value is -0.910. The van der Waals surface area contributed by atoms with E-state index in [0.717, 1.165) is 12.0 Å². The molecule has 0 aliphatic carbocycles. The van der Waals surface area contributed by atoms with E-state index in [1.54, 1.807) is 12.1 Å². The molecule has 0 aliphatic heterocycles. The van der Waals surface area contributed by atoms with Gasteiger partial charge in [0.25, 0.3) is 0 Å². The van der Waals surface area contributed by atoms with Crippen LogP contribution < -0.4 is 10.5 Å². The van der Waals surface area contributed by atoms with Crippen molar-refractivity contribution in [3.05, 3.63) is 29.8 Å². The van der Waals surface area contributed by atoms with E-state index in [0.29, 0.717) is 23.9 Å². The smallest absolute Gasteiger partial charge is 0.240 e. The van der Waals surface area contributed by atoms with Gasteiger partial charge in [-0.15, -0.1) is 0 Å². The molecule has 3 N–H and O–H groups in total. The zero-order chi connectivity index (χ0) is 15.4. The van der Waals surface area contributed by atoms with E-state index in [1.807, 2.05) is 12.1 Å². The lowest BCUT2D eigenvalue weighted by atomic mass is 9.81. The fraction of sp³-hybridized carbons (Fsp3) is 0.600. The number of benzene rings is 1. The van der Waals surface area contributed by atoms with Gasteiger partial charge in [0.1, 0.15) is 0 Å². The van der Waals surface area contributed by atoms with Crippen molar-refractivity contribution >= 4 is 10.0 Å². The highest BCUT2D eigenvalue weighted by Crippen LogP contribution is 2.25. The first-order valence-corrected chi connectivity index (χ1v) is 8.46. The topological polar surface area (TPSA) is 72.2 Å². The first-order valence-electron chi connectivity index (χ1n) is 6.98. The highest BCUT2D eigenvalue weighted by atomic mass is 32.2. The molecule has 0 atom stereocenters. The lowest BCUT2D eigenvalue weighted by molar-refractivity contribution is 0.252. The largest absolute Gasteiger partial charge is 0.330 e. The number of nitrogens with two attached hydrogens (primary N) is 1. The summed E-state index contributed by atoms with van der Waals surface area (Å²) >= 11 is 0. The van der Waals surface area contributed by atoms with Crippen LogP contribution in [0.5, 0.6) is 0 Å². The first kappa shape index (κ1) is 17.1. The Kier molecular flexibility index (Phi) is 5.74. The van der Waals surface area contributed by atoms with Gasteiger partial charge in [0.2, 0.25) is 10.0 Å². The predicted molar refractivity (Wildman–Crippen MR) is 83.0 cm³/mol. The molecule has 4 nitrogen and oxygen atoms in total. The van der Waals surface area contributed by atoms with Crippen LogP contribution in [-0.2, 0) is 16.4 Å². The minimum Gasteiger partial charge on any atom is -0.330 e. The molecule has 20 heavy (non-hydrogen) atoms. The summed E-state index contributed by atoms with van der Waals surface area (Å²) in [5.41, 5.74) is 6.45. The van der Waals surface area contributed by atoms with E-state index in [1.165, 1.54) is 0 Å². The molecule has 1 aromatic rings. The highest BCUT2D eigenvalue weighted by Gasteiger charge is 2.25. The normalized spacial score (nSPS) is 12.9. The van der Waals surface area contributed by atoms with Crippen LogP contribution in [0, 0.1) is 11.3 Å². The van der Waals surface area contributed by atoms with Crippen LogP contribution in [0.2, 0.25) is 0 Å². The van der Waals surface area contributed by atoms with Crippen LogP contribution in [-0.4, -0.2) is 21.5 Å². The number of hydrogen-bond acceptors (Lipinski definition) is 3. The molecule has 0 bridgehead atoms. The maximum atomic E-state index is 12.2. The molecule has 1 rings (SSSR count). The molecule has 0 radical (unpaired) electrons.